The first-order valence-corrected chi connectivity index (χ1v) is 9.94. The lowest BCUT2D eigenvalue weighted by Crippen LogP contribution is -2.45. The number of carbonyl (C=O) groups excluding carboxylic acids is 1. The number of aromatic nitrogens is 3. The highest BCUT2D eigenvalue weighted by atomic mass is 35.5. The van der Waals surface area contributed by atoms with E-state index in [4.69, 9.17) is 16.3 Å². The van der Waals surface area contributed by atoms with Crippen LogP contribution in [0.1, 0.15) is 42.6 Å². The van der Waals surface area contributed by atoms with Gasteiger partial charge in [0.2, 0.25) is 0 Å². The average molecular weight is 415 g/mol. The van der Waals surface area contributed by atoms with Crippen LogP contribution in [0.25, 0.3) is 11.0 Å². The molecule has 1 fully saturated rings. The Kier molecular flexibility index (Phi) is 5.29. The SMILES string of the molecule is CC(C)(O)[C@@H]1CC[C@@H](Nc2ncnc3[nH]cc(C(=O)c4ccccc4Cl)c23)CO1. The summed E-state index contributed by atoms with van der Waals surface area (Å²) in [5.74, 6) is 0.378. The van der Waals surface area contributed by atoms with Crippen molar-refractivity contribution in [2.75, 3.05) is 11.9 Å². The minimum Gasteiger partial charge on any atom is -0.388 e. The van der Waals surface area contributed by atoms with Crippen LogP contribution in [0.15, 0.2) is 36.8 Å². The molecule has 1 aliphatic heterocycles. The van der Waals surface area contributed by atoms with Gasteiger partial charge >= 0.3 is 0 Å². The number of carbonyl (C=O) groups is 1. The fraction of sp³-hybridized carbons (Fsp3) is 0.381. The second-order valence-corrected chi connectivity index (χ2v) is 8.26. The first kappa shape index (κ1) is 19.8. The van der Waals surface area contributed by atoms with Crippen molar-refractivity contribution in [2.24, 2.45) is 0 Å². The van der Waals surface area contributed by atoms with Gasteiger partial charge in [-0.25, -0.2) is 9.97 Å². The van der Waals surface area contributed by atoms with Crippen molar-refractivity contribution in [1.29, 1.82) is 0 Å². The Hall–Kier alpha value is -2.48. The number of hydrogen-bond donors (Lipinski definition) is 3. The minimum atomic E-state index is -0.873. The second-order valence-electron chi connectivity index (χ2n) is 7.85. The number of halogens is 1. The van der Waals surface area contributed by atoms with Crippen molar-refractivity contribution in [3.63, 3.8) is 0 Å². The van der Waals surface area contributed by atoms with Gasteiger partial charge in [-0.05, 0) is 38.8 Å². The third kappa shape index (κ3) is 3.99. The molecule has 3 N–H and O–H groups in total. The van der Waals surface area contributed by atoms with Crippen molar-refractivity contribution < 1.29 is 14.6 Å². The number of aromatic amines is 1. The molecule has 152 valence electrons. The third-order valence-electron chi connectivity index (χ3n) is 5.24. The fourth-order valence-electron chi connectivity index (χ4n) is 3.66. The Morgan fingerprint density at radius 1 is 1.28 bits per heavy atom. The zero-order valence-corrected chi connectivity index (χ0v) is 17.0. The molecule has 0 bridgehead atoms. The molecule has 0 saturated carbocycles. The molecule has 2 atom stereocenters. The zero-order chi connectivity index (χ0) is 20.6. The number of rotatable bonds is 5. The lowest BCUT2D eigenvalue weighted by atomic mass is 9.93. The number of benzene rings is 1. The Labute approximate surface area is 173 Å². The van der Waals surface area contributed by atoms with Crippen LogP contribution in [0.5, 0.6) is 0 Å². The fourth-order valence-corrected chi connectivity index (χ4v) is 3.88. The highest BCUT2D eigenvalue weighted by Crippen LogP contribution is 2.30. The van der Waals surface area contributed by atoms with Crippen LogP contribution in [0.4, 0.5) is 5.82 Å². The van der Waals surface area contributed by atoms with E-state index in [1.54, 1.807) is 44.3 Å². The van der Waals surface area contributed by atoms with Crippen LogP contribution in [0.2, 0.25) is 5.02 Å². The van der Waals surface area contributed by atoms with Crippen molar-refractivity contribution in [1.82, 2.24) is 15.0 Å². The average Bonchev–Trinajstić information content (AvgIpc) is 3.13. The van der Waals surface area contributed by atoms with E-state index in [1.807, 2.05) is 0 Å². The Morgan fingerprint density at radius 3 is 2.76 bits per heavy atom. The van der Waals surface area contributed by atoms with Crippen molar-refractivity contribution >= 4 is 34.2 Å². The maximum atomic E-state index is 13.1. The summed E-state index contributed by atoms with van der Waals surface area (Å²) in [5, 5.41) is 14.5. The van der Waals surface area contributed by atoms with Crippen LogP contribution >= 0.6 is 11.6 Å². The lowest BCUT2D eigenvalue weighted by Gasteiger charge is -2.36. The summed E-state index contributed by atoms with van der Waals surface area (Å²) in [6, 6.07) is 6.98. The van der Waals surface area contributed by atoms with E-state index in [2.05, 4.69) is 20.3 Å². The van der Waals surface area contributed by atoms with E-state index >= 15 is 0 Å². The van der Waals surface area contributed by atoms with Crippen molar-refractivity contribution in [3.05, 3.63) is 52.9 Å². The summed E-state index contributed by atoms with van der Waals surface area (Å²) in [7, 11) is 0. The van der Waals surface area contributed by atoms with Gasteiger partial charge in [0.1, 0.15) is 17.8 Å². The smallest absolute Gasteiger partial charge is 0.196 e. The zero-order valence-electron chi connectivity index (χ0n) is 16.3. The van der Waals surface area contributed by atoms with E-state index in [-0.39, 0.29) is 17.9 Å². The molecule has 1 aliphatic rings. The molecule has 1 saturated heterocycles. The Morgan fingerprint density at radius 2 is 2.07 bits per heavy atom. The first-order chi connectivity index (χ1) is 13.8. The molecule has 0 radical (unpaired) electrons. The molecule has 2 aromatic heterocycles. The van der Waals surface area contributed by atoms with Crippen LogP contribution in [0.3, 0.4) is 0 Å². The number of nitrogens with zero attached hydrogens (tertiary/aromatic N) is 2. The number of hydrogen-bond acceptors (Lipinski definition) is 6. The number of nitrogens with one attached hydrogen (secondary N) is 2. The van der Waals surface area contributed by atoms with Gasteiger partial charge in [0.15, 0.2) is 5.78 Å². The molecule has 7 nitrogen and oxygen atoms in total. The topological polar surface area (TPSA) is 100 Å². The van der Waals surface area contributed by atoms with E-state index in [9.17, 15) is 9.90 Å². The molecule has 0 unspecified atom stereocenters. The summed E-state index contributed by atoms with van der Waals surface area (Å²) in [5.41, 5.74) is 0.590. The molecule has 4 rings (SSSR count). The minimum absolute atomic E-state index is 0.0184. The number of ether oxygens (including phenoxy) is 1. The van der Waals surface area contributed by atoms with Gasteiger partial charge in [-0.2, -0.15) is 0 Å². The standard InChI is InChI=1S/C21H23ClN4O3/c1-21(2,28)16-8-7-12(10-29-16)26-20-17-14(9-23-19(17)24-11-25-20)18(27)13-5-3-4-6-15(13)22/h3-6,9,11-12,16,28H,7-8,10H2,1-2H3,(H2,23,24,25,26)/t12-,16+/m1/s1. The number of anilines is 1. The molecular weight excluding hydrogens is 392 g/mol. The van der Waals surface area contributed by atoms with E-state index in [1.165, 1.54) is 6.33 Å². The van der Waals surface area contributed by atoms with Crippen LogP contribution in [-0.2, 0) is 4.74 Å². The summed E-state index contributed by atoms with van der Waals surface area (Å²) in [6.45, 7) is 3.95. The molecule has 0 amide bonds. The normalized spacial score (nSPS) is 20.0. The highest BCUT2D eigenvalue weighted by molar-refractivity contribution is 6.35. The van der Waals surface area contributed by atoms with Crippen LogP contribution < -0.4 is 5.32 Å². The largest absolute Gasteiger partial charge is 0.388 e. The number of H-pyrrole nitrogens is 1. The highest BCUT2D eigenvalue weighted by Gasteiger charge is 2.33. The van der Waals surface area contributed by atoms with Crippen LogP contribution in [0, 0.1) is 0 Å². The Balaban J connectivity index is 1.61. The summed E-state index contributed by atoms with van der Waals surface area (Å²) < 4.78 is 5.84. The molecule has 29 heavy (non-hydrogen) atoms. The Bertz CT molecular complexity index is 1040. The molecule has 3 aromatic rings. The monoisotopic (exact) mass is 414 g/mol. The van der Waals surface area contributed by atoms with Gasteiger partial charge in [-0.1, -0.05) is 23.7 Å². The predicted molar refractivity (Wildman–Crippen MR) is 111 cm³/mol. The number of aliphatic hydroxyl groups is 1. The van der Waals surface area contributed by atoms with Crippen LogP contribution in [-0.4, -0.2) is 50.2 Å². The summed E-state index contributed by atoms with van der Waals surface area (Å²) >= 11 is 6.22. The van der Waals surface area contributed by atoms with Gasteiger partial charge in [0, 0.05) is 11.8 Å². The maximum absolute atomic E-state index is 13.1. The van der Waals surface area contributed by atoms with E-state index < -0.39 is 5.60 Å². The van der Waals surface area contributed by atoms with Gasteiger partial charge in [-0.15, -0.1) is 0 Å². The summed E-state index contributed by atoms with van der Waals surface area (Å²) in [6.07, 6.45) is 4.44. The quantitative estimate of drug-likeness (QED) is 0.552. The second kappa shape index (κ2) is 7.74. The van der Waals surface area contributed by atoms with Gasteiger partial charge in [0.25, 0.3) is 0 Å². The molecular formula is C21H23ClN4O3. The maximum Gasteiger partial charge on any atom is 0.196 e. The molecule has 3 heterocycles. The number of fused-ring (bicyclic) bond motifs is 1. The van der Waals surface area contributed by atoms with Gasteiger partial charge in [-0.3, -0.25) is 4.79 Å². The predicted octanol–water partition coefficient (Wildman–Crippen LogP) is 3.57. The molecule has 1 aromatic carbocycles. The van der Waals surface area contributed by atoms with E-state index in [0.717, 1.165) is 12.8 Å². The lowest BCUT2D eigenvalue weighted by molar-refractivity contribution is -0.110. The van der Waals surface area contributed by atoms with Crippen molar-refractivity contribution in [2.45, 2.75) is 44.4 Å². The van der Waals surface area contributed by atoms with Crippen molar-refractivity contribution in [3.8, 4) is 0 Å². The van der Waals surface area contributed by atoms with Gasteiger partial charge in [0.05, 0.1) is 40.3 Å². The third-order valence-corrected chi connectivity index (χ3v) is 5.57. The van der Waals surface area contributed by atoms with E-state index in [0.29, 0.717) is 39.6 Å². The molecule has 8 heteroatoms. The molecule has 0 spiro atoms. The summed E-state index contributed by atoms with van der Waals surface area (Å²) in [4.78, 5) is 24.8. The van der Waals surface area contributed by atoms with Gasteiger partial charge < -0.3 is 20.1 Å². The first-order valence-electron chi connectivity index (χ1n) is 9.56. The number of ketones is 1. The molecule has 0 aliphatic carbocycles.